The lowest BCUT2D eigenvalue weighted by molar-refractivity contribution is -0.135. The van der Waals surface area contributed by atoms with Crippen molar-refractivity contribution in [2.75, 3.05) is 26.8 Å². The second-order valence-electron chi connectivity index (χ2n) is 4.96. The Bertz CT molecular complexity index is 432. The molecule has 1 aliphatic heterocycles. The van der Waals surface area contributed by atoms with E-state index in [-0.39, 0.29) is 17.9 Å². The molecule has 0 radical (unpaired) electrons. The van der Waals surface area contributed by atoms with Crippen LogP contribution in [0.15, 0.2) is 12.4 Å². The van der Waals surface area contributed by atoms with Crippen LogP contribution in [0.2, 0.25) is 0 Å². The first kappa shape index (κ1) is 14.0. The van der Waals surface area contributed by atoms with Gasteiger partial charge in [0, 0.05) is 32.5 Å². The topological polar surface area (TPSA) is 59.4 Å². The summed E-state index contributed by atoms with van der Waals surface area (Å²) in [6.45, 7) is 4.53. The maximum atomic E-state index is 12.4. The van der Waals surface area contributed by atoms with Gasteiger partial charge in [0.05, 0.1) is 25.7 Å². The summed E-state index contributed by atoms with van der Waals surface area (Å²) in [6.07, 6.45) is 3.63. The van der Waals surface area contributed by atoms with Crippen LogP contribution in [0.3, 0.4) is 0 Å². The molecule has 0 bridgehead atoms. The van der Waals surface area contributed by atoms with Gasteiger partial charge in [-0.2, -0.15) is 0 Å². The van der Waals surface area contributed by atoms with Crippen molar-refractivity contribution in [1.82, 2.24) is 19.8 Å². The van der Waals surface area contributed by atoms with Crippen molar-refractivity contribution in [3.8, 4) is 0 Å². The molecule has 1 aromatic rings. The van der Waals surface area contributed by atoms with Gasteiger partial charge in [0.2, 0.25) is 5.91 Å². The Balaban J connectivity index is 1.97. The van der Waals surface area contributed by atoms with Gasteiger partial charge in [-0.05, 0) is 6.54 Å². The fraction of sp³-hybridized carbons (Fsp3) is 0.692. The van der Waals surface area contributed by atoms with E-state index in [0.29, 0.717) is 19.8 Å². The Morgan fingerprint density at radius 3 is 3.05 bits per heavy atom. The van der Waals surface area contributed by atoms with E-state index in [1.165, 1.54) is 0 Å². The molecule has 6 nitrogen and oxygen atoms in total. The van der Waals surface area contributed by atoms with Crippen LogP contribution >= 0.6 is 0 Å². The smallest absolute Gasteiger partial charge is 0.229 e. The third-order valence-corrected chi connectivity index (χ3v) is 3.54. The van der Waals surface area contributed by atoms with E-state index in [4.69, 9.17) is 4.74 Å². The number of amides is 1. The van der Waals surface area contributed by atoms with Gasteiger partial charge in [0.25, 0.3) is 0 Å². The first-order valence-corrected chi connectivity index (χ1v) is 6.65. The summed E-state index contributed by atoms with van der Waals surface area (Å²) in [5.41, 5.74) is 0. The van der Waals surface area contributed by atoms with Crippen molar-refractivity contribution in [3.05, 3.63) is 18.2 Å². The van der Waals surface area contributed by atoms with Crippen molar-refractivity contribution >= 4 is 5.91 Å². The number of aryl methyl sites for hydroxylation is 1. The van der Waals surface area contributed by atoms with Crippen molar-refractivity contribution in [1.29, 1.82) is 0 Å². The molecule has 0 aromatic carbocycles. The fourth-order valence-electron chi connectivity index (χ4n) is 2.38. The zero-order valence-corrected chi connectivity index (χ0v) is 11.8. The van der Waals surface area contributed by atoms with Gasteiger partial charge >= 0.3 is 0 Å². The zero-order valence-electron chi connectivity index (χ0n) is 11.8. The standard InChI is InChI=1S/C13H22N4O2/c1-4-14-11-9-19-8-10(11)13(18)17(3)7-12-15-5-6-16(12)2/h5-6,10-11,14H,4,7-9H2,1-3H3. The third-order valence-electron chi connectivity index (χ3n) is 3.54. The van der Waals surface area contributed by atoms with E-state index in [1.54, 1.807) is 11.1 Å². The molecule has 1 N–H and O–H groups in total. The summed E-state index contributed by atoms with van der Waals surface area (Å²) in [4.78, 5) is 18.4. The van der Waals surface area contributed by atoms with E-state index in [2.05, 4.69) is 10.3 Å². The van der Waals surface area contributed by atoms with E-state index in [9.17, 15) is 4.79 Å². The highest BCUT2D eigenvalue weighted by Crippen LogP contribution is 2.17. The lowest BCUT2D eigenvalue weighted by atomic mass is 10.0. The van der Waals surface area contributed by atoms with Gasteiger partial charge < -0.3 is 19.5 Å². The van der Waals surface area contributed by atoms with E-state index >= 15 is 0 Å². The number of likely N-dealkylation sites (N-methyl/N-ethyl adjacent to an activating group) is 1. The molecular weight excluding hydrogens is 244 g/mol. The number of rotatable bonds is 5. The summed E-state index contributed by atoms with van der Waals surface area (Å²) < 4.78 is 7.35. The predicted octanol–water partition coefficient (Wildman–Crippen LogP) is 0.00300. The lowest BCUT2D eigenvalue weighted by Crippen LogP contribution is -2.44. The highest BCUT2D eigenvalue weighted by atomic mass is 16.5. The second-order valence-corrected chi connectivity index (χ2v) is 4.96. The average molecular weight is 266 g/mol. The fourth-order valence-corrected chi connectivity index (χ4v) is 2.38. The van der Waals surface area contributed by atoms with Gasteiger partial charge in [0.15, 0.2) is 0 Å². The number of carbonyl (C=O) groups excluding carboxylic acids is 1. The molecule has 0 aliphatic carbocycles. The van der Waals surface area contributed by atoms with Crippen LogP contribution in [0.4, 0.5) is 0 Å². The van der Waals surface area contributed by atoms with E-state index < -0.39 is 0 Å². The first-order chi connectivity index (χ1) is 9.13. The molecule has 1 fully saturated rings. The van der Waals surface area contributed by atoms with Crippen LogP contribution in [0.5, 0.6) is 0 Å². The molecule has 1 amide bonds. The molecule has 106 valence electrons. The average Bonchev–Trinajstić information content (AvgIpc) is 2.99. The number of carbonyl (C=O) groups is 1. The van der Waals surface area contributed by atoms with E-state index in [0.717, 1.165) is 12.4 Å². The van der Waals surface area contributed by atoms with Gasteiger partial charge in [0.1, 0.15) is 5.82 Å². The number of aromatic nitrogens is 2. The van der Waals surface area contributed by atoms with Crippen molar-refractivity contribution in [2.24, 2.45) is 13.0 Å². The van der Waals surface area contributed by atoms with Gasteiger partial charge in [-0.1, -0.05) is 6.92 Å². The summed E-state index contributed by atoms with van der Waals surface area (Å²) in [5, 5.41) is 3.31. The molecule has 6 heteroatoms. The van der Waals surface area contributed by atoms with Crippen LogP contribution in [0.1, 0.15) is 12.7 Å². The largest absolute Gasteiger partial charge is 0.379 e. The van der Waals surface area contributed by atoms with Crippen molar-refractivity contribution in [2.45, 2.75) is 19.5 Å². The van der Waals surface area contributed by atoms with Crippen LogP contribution in [0, 0.1) is 5.92 Å². The molecule has 1 aromatic heterocycles. The number of imidazole rings is 1. The molecular formula is C13H22N4O2. The molecule has 2 unspecified atom stereocenters. The maximum Gasteiger partial charge on any atom is 0.229 e. The van der Waals surface area contributed by atoms with E-state index in [1.807, 2.05) is 31.8 Å². The third kappa shape index (κ3) is 3.13. The minimum absolute atomic E-state index is 0.0924. The molecule has 2 heterocycles. The molecule has 1 saturated heterocycles. The van der Waals surface area contributed by atoms with Crippen LogP contribution < -0.4 is 5.32 Å². The van der Waals surface area contributed by atoms with Crippen LogP contribution in [-0.2, 0) is 23.1 Å². The molecule has 19 heavy (non-hydrogen) atoms. The minimum Gasteiger partial charge on any atom is -0.379 e. The lowest BCUT2D eigenvalue weighted by Gasteiger charge is -2.24. The first-order valence-electron chi connectivity index (χ1n) is 6.65. The minimum atomic E-state index is -0.0924. The molecule has 2 rings (SSSR count). The Kier molecular flexibility index (Phi) is 4.55. The Labute approximate surface area is 113 Å². The number of hydrogen-bond acceptors (Lipinski definition) is 4. The highest BCUT2D eigenvalue weighted by Gasteiger charge is 2.35. The van der Waals surface area contributed by atoms with Crippen molar-refractivity contribution in [3.63, 3.8) is 0 Å². The normalized spacial score (nSPS) is 22.7. The molecule has 2 atom stereocenters. The van der Waals surface area contributed by atoms with Crippen LogP contribution in [0.25, 0.3) is 0 Å². The molecule has 1 aliphatic rings. The summed E-state index contributed by atoms with van der Waals surface area (Å²) in [5.74, 6) is 0.909. The Morgan fingerprint density at radius 1 is 1.63 bits per heavy atom. The Hall–Kier alpha value is -1.40. The van der Waals surface area contributed by atoms with Gasteiger partial charge in [-0.3, -0.25) is 4.79 Å². The zero-order chi connectivity index (χ0) is 13.8. The monoisotopic (exact) mass is 266 g/mol. The molecule has 0 spiro atoms. The maximum absolute atomic E-state index is 12.4. The SMILES string of the molecule is CCNC1COCC1C(=O)N(C)Cc1nccn1C. The predicted molar refractivity (Wildman–Crippen MR) is 71.5 cm³/mol. The van der Waals surface area contributed by atoms with Crippen LogP contribution in [-0.4, -0.2) is 53.2 Å². The number of nitrogens with zero attached hydrogens (tertiary/aromatic N) is 3. The van der Waals surface area contributed by atoms with Gasteiger partial charge in [-0.25, -0.2) is 4.98 Å². The number of ether oxygens (including phenoxy) is 1. The highest BCUT2D eigenvalue weighted by molar-refractivity contribution is 5.79. The molecule has 0 saturated carbocycles. The number of hydrogen-bond donors (Lipinski definition) is 1. The quantitative estimate of drug-likeness (QED) is 0.815. The van der Waals surface area contributed by atoms with Crippen molar-refractivity contribution < 1.29 is 9.53 Å². The number of nitrogens with one attached hydrogen (secondary N) is 1. The van der Waals surface area contributed by atoms with Gasteiger partial charge in [-0.15, -0.1) is 0 Å². The summed E-state index contributed by atoms with van der Waals surface area (Å²) >= 11 is 0. The Morgan fingerprint density at radius 2 is 2.42 bits per heavy atom. The summed E-state index contributed by atoms with van der Waals surface area (Å²) in [7, 11) is 3.75. The second kappa shape index (κ2) is 6.16. The summed E-state index contributed by atoms with van der Waals surface area (Å²) in [6, 6.07) is 0.126.